The van der Waals surface area contributed by atoms with Crippen LogP contribution in [0.3, 0.4) is 0 Å². The topological polar surface area (TPSA) is 115 Å². The molecule has 0 fully saturated rings. The number of nitrogen functional groups attached to an aromatic ring is 1. The van der Waals surface area contributed by atoms with E-state index >= 15 is 0 Å². The molecule has 0 atom stereocenters. The lowest BCUT2D eigenvalue weighted by atomic mass is 10.0. The summed E-state index contributed by atoms with van der Waals surface area (Å²) < 4.78 is 1.55. The number of nitrogens with zero attached hydrogens (tertiary/aromatic N) is 3. The van der Waals surface area contributed by atoms with Gasteiger partial charge in [-0.2, -0.15) is 10.2 Å². The van der Waals surface area contributed by atoms with Gasteiger partial charge in [-0.3, -0.25) is 9.89 Å². The number of anilines is 1. The lowest BCUT2D eigenvalue weighted by Crippen LogP contribution is -2.14. The van der Waals surface area contributed by atoms with E-state index < -0.39 is 5.91 Å². The molecule has 0 unspecified atom stereocenters. The van der Waals surface area contributed by atoms with Crippen molar-refractivity contribution in [1.82, 2.24) is 19.8 Å². The zero-order valence-corrected chi connectivity index (χ0v) is 9.29. The molecule has 18 heavy (non-hydrogen) atoms. The Balaban J connectivity index is 2.43. The van der Waals surface area contributed by atoms with Crippen LogP contribution in [0.1, 0.15) is 10.4 Å². The minimum Gasteiger partial charge on any atom is -0.384 e. The van der Waals surface area contributed by atoms with E-state index in [0.29, 0.717) is 22.5 Å². The van der Waals surface area contributed by atoms with Crippen LogP contribution in [0.25, 0.3) is 16.6 Å². The van der Waals surface area contributed by atoms with Crippen molar-refractivity contribution >= 4 is 17.2 Å². The lowest BCUT2D eigenvalue weighted by Gasteiger charge is -2.07. The SMILES string of the molecule is NC(=O)c1cnn2c(N)ccc2c1-c1cn[nH]c1. The zero-order chi connectivity index (χ0) is 12.7. The van der Waals surface area contributed by atoms with Crippen LogP contribution < -0.4 is 11.5 Å². The van der Waals surface area contributed by atoms with E-state index in [1.54, 1.807) is 29.0 Å². The summed E-state index contributed by atoms with van der Waals surface area (Å²) in [4.78, 5) is 11.5. The molecular weight excluding hydrogens is 232 g/mol. The Morgan fingerprint density at radius 1 is 1.33 bits per heavy atom. The van der Waals surface area contributed by atoms with Gasteiger partial charge in [0, 0.05) is 17.3 Å². The van der Waals surface area contributed by atoms with E-state index in [2.05, 4.69) is 15.3 Å². The molecule has 0 saturated carbocycles. The van der Waals surface area contributed by atoms with Crippen LogP contribution in [-0.4, -0.2) is 25.7 Å². The quantitative estimate of drug-likeness (QED) is 0.603. The Labute approximate surface area is 101 Å². The molecule has 90 valence electrons. The van der Waals surface area contributed by atoms with Crippen LogP contribution in [0.5, 0.6) is 0 Å². The zero-order valence-electron chi connectivity index (χ0n) is 9.29. The molecule has 0 aliphatic carbocycles. The Kier molecular flexibility index (Phi) is 2.06. The molecule has 7 heteroatoms. The second-order valence-corrected chi connectivity index (χ2v) is 3.84. The van der Waals surface area contributed by atoms with Gasteiger partial charge in [-0.15, -0.1) is 0 Å². The first-order valence-electron chi connectivity index (χ1n) is 5.23. The molecule has 0 aliphatic rings. The van der Waals surface area contributed by atoms with Crippen LogP contribution in [0, 0.1) is 0 Å². The minimum absolute atomic E-state index is 0.335. The molecule has 5 N–H and O–H groups in total. The highest BCUT2D eigenvalue weighted by Gasteiger charge is 2.16. The standard InChI is InChI=1S/C11H10N6O/c12-9-2-1-8-10(6-3-14-15-4-6)7(11(13)18)5-16-17(8)9/h1-5H,12H2,(H2,13,18)(H,14,15). The van der Waals surface area contributed by atoms with Crippen LogP contribution in [0.15, 0.2) is 30.7 Å². The number of nitrogens with one attached hydrogen (secondary N) is 1. The summed E-state index contributed by atoms with van der Waals surface area (Å²) >= 11 is 0. The summed E-state index contributed by atoms with van der Waals surface area (Å²) in [5.74, 6) is -0.0493. The number of hydrogen-bond donors (Lipinski definition) is 3. The van der Waals surface area contributed by atoms with Crippen molar-refractivity contribution in [2.24, 2.45) is 5.73 Å². The fourth-order valence-electron chi connectivity index (χ4n) is 1.96. The van der Waals surface area contributed by atoms with Gasteiger partial charge in [-0.1, -0.05) is 0 Å². The number of carbonyl (C=O) groups is 1. The van der Waals surface area contributed by atoms with E-state index in [4.69, 9.17) is 11.5 Å². The van der Waals surface area contributed by atoms with E-state index in [1.807, 2.05) is 0 Å². The Morgan fingerprint density at radius 2 is 2.17 bits per heavy atom. The van der Waals surface area contributed by atoms with Crippen molar-refractivity contribution < 1.29 is 4.79 Å². The summed E-state index contributed by atoms with van der Waals surface area (Å²) in [6.07, 6.45) is 4.71. The Morgan fingerprint density at radius 3 is 2.83 bits per heavy atom. The van der Waals surface area contributed by atoms with Crippen molar-refractivity contribution in [2.75, 3.05) is 5.73 Å². The number of aromatic amines is 1. The van der Waals surface area contributed by atoms with Crippen LogP contribution in [-0.2, 0) is 0 Å². The van der Waals surface area contributed by atoms with E-state index in [9.17, 15) is 4.79 Å². The summed E-state index contributed by atoms with van der Waals surface area (Å²) in [6, 6.07) is 3.51. The molecule has 1 amide bonds. The highest BCUT2D eigenvalue weighted by atomic mass is 16.1. The first-order valence-corrected chi connectivity index (χ1v) is 5.23. The molecule has 0 spiro atoms. The summed E-state index contributed by atoms with van der Waals surface area (Å²) in [7, 11) is 0. The van der Waals surface area contributed by atoms with Crippen molar-refractivity contribution in [3.63, 3.8) is 0 Å². The number of fused-ring (bicyclic) bond motifs is 1. The lowest BCUT2D eigenvalue weighted by molar-refractivity contribution is 0.100. The van der Waals surface area contributed by atoms with Gasteiger partial charge < -0.3 is 11.5 Å². The van der Waals surface area contributed by atoms with Gasteiger partial charge in [-0.25, -0.2) is 4.52 Å². The van der Waals surface area contributed by atoms with Crippen molar-refractivity contribution in [2.45, 2.75) is 0 Å². The van der Waals surface area contributed by atoms with Gasteiger partial charge >= 0.3 is 0 Å². The van der Waals surface area contributed by atoms with E-state index in [1.165, 1.54) is 6.20 Å². The average Bonchev–Trinajstić information content (AvgIpc) is 2.98. The predicted octanol–water partition coefficient (Wildman–Crippen LogP) is 0.405. The highest BCUT2D eigenvalue weighted by molar-refractivity contribution is 6.03. The third-order valence-corrected chi connectivity index (χ3v) is 2.76. The monoisotopic (exact) mass is 242 g/mol. The number of hydrogen-bond acceptors (Lipinski definition) is 4. The van der Waals surface area contributed by atoms with Crippen LogP contribution >= 0.6 is 0 Å². The summed E-state index contributed by atoms with van der Waals surface area (Å²) in [5, 5.41) is 10.7. The third kappa shape index (κ3) is 1.34. The molecule has 0 radical (unpaired) electrons. The van der Waals surface area contributed by atoms with Crippen molar-refractivity contribution in [3.8, 4) is 11.1 Å². The molecule has 3 aromatic heterocycles. The van der Waals surface area contributed by atoms with E-state index in [0.717, 1.165) is 5.56 Å². The molecule has 3 heterocycles. The van der Waals surface area contributed by atoms with Gasteiger partial charge in [0.15, 0.2) is 0 Å². The molecule has 7 nitrogen and oxygen atoms in total. The summed E-state index contributed by atoms with van der Waals surface area (Å²) in [5.41, 5.74) is 13.6. The number of nitrogens with two attached hydrogens (primary N) is 2. The third-order valence-electron chi connectivity index (χ3n) is 2.76. The number of carbonyl (C=O) groups excluding carboxylic acids is 1. The fourth-order valence-corrected chi connectivity index (χ4v) is 1.96. The maximum Gasteiger partial charge on any atom is 0.251 e. The number of primary amides is 1. The minimum atomic E-state index is -0.541. The molecule has 0 saturated heterocycles. The second-order valence-electron chi connectivity index (χ2n) is 3.84. The van der Waals surface area contributed by atoms with Crippen LogP contribution in [0.2, 0.25) is 0 Å². The normalized spacial score (nSPS) is 10.9. The molecule has 0 aromatic carbocycles. The number of rotatable bonds is 2. The maximum atomic E-state index is 11.5. The number of amides is 1. The molecule has 3 aromatic rings. The molecular formula is C11H10N6O. The molecule has 0 bridgehead atoms. The smallest absolute Gasteiger partial charge is 0.251 e. The van der Waals surface area contributed by atoms with E-state index in [-0.39, 0.29) is 0 Å². The second kappa shape index (κ2) is 3.59. The van der Waals surface area contributed by atoms with Crippen molar-refractivity contribution in [3.05, 3.63) is 36.3 Å². The summed E-state index contributed by atoms with van der Waals surface area (Å²) in [6.45, 7) is 0. The number of H-pyrrole nitrogens is 1. The van der Waals surface area contributed by atoms with Gasteiger partial charge in [0.2, 0.25) is 0 Å². The first kappa shape index (κ1) is 10.3. The average molecular weight is 242 g/mol. The largest absolute Gasteiger partial charge is 0.384 e. The fraction of sp³-hybridized carbons (Fsp3) is 0. The van der Waals surface area contributed by atoms with Gasteiger partial charge in [0.05, 0.1) is 23.5 Å². The Bertz CT molecular complexity index is 727. The Hall–Kier alpha value is -2.83. The van der Waals surface area contributed by atoms with Gasteiger partial charge in [0.1, 0.15) is 5.82 Å². The van der Waals surface area contributed by atoms with Gasteiger partial charge in [-0.05, 0) is 12.1 Å². The van der Waals surface area contributed by atoms with Crippen molar-refractivity contribution in [1.29, 1.82) is 0 Å². The van der Waals surface area contributed by atoms with Crippen LogP contribution in [0.4, 0.5) is 5.82 Å². The first-order chi connectivity index (χ1) is 8.68. The van der Waals surface area contributed by atoms with Gasteiger partial charge in [0.25, 0.3) is 5.91 Å². The number of aromatic nitrogens is 4. The highest BCUT2D eigenvalue weighted by Crippen LogP contribution is 2.28. The predicted molar refractivity (Wildman–Crippen MR) is 65.7 cm³/mol. The maximum absolute atomic E-state index is 11.5. The molecule has 3 rings (SSSR count). The molecule has 0 aliphatic heterocycles.